The van der Waals surface area contributed by atoms with Crippen molar-refractivity contribution in [3.05, 3.63) is 29.8 Å². The molecule has 0 radical (unpaired) electrons. The van der Waals surface area contributed by atoms with Crippen molar-refractivity contribution >= 4 is 15.9 Å². The first-order valence-electron chi connectivity index (χ1n) is 9.08. The fourth-order valence-electron chi connectivity index (χ4n) is 3.52. The van der Waals surface area contributed by atoms with E-state index in [1.807, 2.05) is 11.8 Å². The van der Waals surface area contributed by atoms with Crippen LogP contribution in [0.2, 0.25) is 0 Å². The van der Waals surface area contributed by atoms with Gasteiger partial charge in [0.1, 0.15) is 0 Å². The quantitative estimate of drug-likeness (QED) is 0.871. The molecule has 1 atom stereocenters. The van der Waals surface area contributed by atoms with Crippen LogP contribution in [-0.2, 0) is 21.2 Å². The maximum absolute atomic E-state index is 12.7. The van der Waals surface area contributed by atoms with Crippen LogP contribution in [0, 0.1) is 0 Å². The van der Waals surface area contributed by atoms with Crippen LogP contribution >= 0.6 is 0 Å². The Morgan fingerprint density at radius 3 is 2.44 bits per heavy atom. The largest absolute Gasteiger partial charge is 0.337 e. The summed E-state index contributed by atoms with van der Waals surface area (Å²) >= 11 is 0. The van der Waals surface area contributed by atoms with Crippen LogP contribution in [0.3, 0.4) is 0 Å². The highest BCUT2D eigenvalue weighted by Gasteiger charge is 2.26. The predicted molar refractivity (Wildman–Crippen MR) is 96.8 cm³/mol. The predicted octanol–water partition coefficient (Wildman–Crippen LogP) is 1.22. The normalized spacial score (nSPS) is 22.8. The summed E-state index contributed by atoms with van der Waals surface area (Å²) in [7, 11) is -3.41. The molecule has 0 spiro atoms. The molecule has 0 bridgehead atoms. The van der Waals surface area contributed by atoms with Crippen LogP contribution in [0.15, 0.2) is 29.2 Å². The molecule has 0 unspecified atom stereocenters. The van der Waals surface area contributed by atoms with Crippen molar-refractivity contribution in [3.8, 4) is 0 Å². The summed E-state index contributed by atoms with van der Waals surface area (Å²) in [6.07, 6.45) is 3.26. The van der Waals surface area contributed by atoms with Gasteiger partial charge >= 0.3 is 0 Å². The van der Waals surface area contributed by atoms with E-state index in [1.54, 1.807) is 28.6 Å². The molecular weight excluding hydrogens is 338 g/mol. The minimum absolute atomic E-state index is 0.0978. The molecule has 0 saturated carbocycles. The van der Waals surface area contributed by atoms with Gasteiger partial charge in [-0.25, -0.2) is 8.42 Å². The molecule has 2 fully saturated rings. The first kappa shape index (κ1) is 18.4. The van der Waals surface area contributed by atoms with Crippen LogP contribution in [0.4, 0.5) is 0 Å². The summed E-state index contributed by atoms with van der Waals surface area (Å²) in [6, 6.07) is 6.99. The molecular formula is C18H27N3O3S. The number of piperidine rings is 1. The van der Waals surface area contributed by atoms with E-state index >= 15 is 0 Å². The van der Waals surface area contributed by atoms with Gasteiger partial charge in [-0.15, -0.1) is 0 Å². The number of nitrogens with zero attached hydrogens (tertiary/aromatic N) is 2. The highest BCUT2D eigenvalue weighted by Crippen LogP contribution is 2.21. The molecule has 6 nitrogen and oxygen atoms in total. The molecule has 138 valence electrons. The zero-order valence-electron chi connectivity index (χ0n) is 14.8. The number of amides is 1. The maximum Gasteiger partial charge on any atom is 0.243 e. The van der Waals surface area contributed by atoms with E-state index in [0.29, 0.717) is 24.4 Å². The smallest absolute Gasteiger partial charge is 0.243 e. The van der Waals surface area contributed by atoms with Crippen molar-refractivity contribution in [2.75, 3.05) is 32.7 Å². The number of rotatable bonds is 4. The fourth-order valence-corrected chi connectivity index (χ4v) is 5.04. The molecule has 1 amide bonds. The standard InChI is InChI=1S/C18H27N3O3S/c1-15-14-19-9-12-21(15)18(22)13-16-5-7-17(8-6-16)25(23,24)20-10-3-2-4-11-20/h5-8,15,19H,2-4,9-14H2,1H3/t15-/m1/s1. The lowest BCUT2D eigenvalue weighted by molar-refractivity contribution is -0.133. The van der Waals surface area contributed by atoms with Gasteiger partial charge in [-0.1, -0.05) is 18.6 Å². The molecule has 0 aromatic heterocycles. The molecule has 1 aromatic carbocycles. The van der Waals surface area contributed by atoms with Crippen LogP contribution in [0.5, 0.6) is 0 Å². The molecule has 25 heavy (non-hydrogen) atoms. The first-order chi connectivity index (χ1) is 12.0. The van der Waals surface area contributed by atoms with Crippen molar-refractivity contribution in [1.82, 2.24) is 14.5 Å². The van der Waals surface area contributed by atoms with Crippen LogP contribution in [-0.4, -0.2) is 62.3 Å². The zero-order chi connectivity index (χ0) is 17.9. The Balaban J connectivity index is 1.66. The van der Waals surface area contributed by atoms with E-state index in [9.17, 15) is 13.2 Å². The Morgan fingerprint density at radius 2 is 1.80 bits per heavy atom. The van der Waals surface area contributed by atoms with Crippen molar-refractivity contribution < 1.29 is 13.2 Å². The number of carbonyl (C=O) groups excluding carboxylic acids is 1. The van der Waals surface area contributed by atoms with E-state index in [2.05, 4.69) is 5.32 Å². The van der Waals surface area contributed by atoms with Gasteiger partial charge in [-0.2, -0.15) is 4.31 Å². The molecule has 0 aliphatic carbocycles. The highest BCUT2D eigenvalue weighted by molar-refractivity contribution is 7.89. The van der Waals surface area contributed by atoms with Gasteiger partial charge in [0.05, 0.1) is 11.3 Å². The summed E-state index contributed by atoms with van der Waals surface area (Å²) in [5.41, 5.74) is 0.855. The number of nitrogens with one attached hydrogen (secondary N) is 1. The van der Waals surface area contributed by atoms with Gasteiger partial charge in [0.2, 0.25) is 15.9 Å². The minimum Gasteiger partial charge on any atom is -0.337 e. The van der Waals surface area contributed by atoms with Crippen LogP contribution in [0.25, 0.3) is 0 Å². The summed E-state index contributed by atoms with van der Waals surface area (Å²) < 4.78 is 26.9. The third kappa shape index (κ3) is 4.22. The highest BCUT2D eigenvalue weighted by atomic mass is 32.2. The van der Waals surface area contributed by atoms with Crippen LogP contribution < -0.4 is 5.32 Å². The summed E-state index contributed by atoms with van der Waals surface area (Å²) in [5.74, 6) is 0.0978. The van der Waals surface area contributed by atoms with E-state index < -0.39 is 10.0 Å². The molecule has 2 aliphatic rings. The van der Waals surface area contributed by atoms with Crippen molar-refractivity contribution in [2.45, 2.75) is 43.5 Å². The lowest BCUT2D eigenvalue weighted by Gasteiger charge is -2.34. The minimum atomic E-state index is -3.41. The van der Waals surface area contributed by atoms with Gasteiger partial charge < -0.3 is 10.2 Å². The second-order valence-electron chi connectivity index (χ2n) is 6.93. The zero-order valence-corrected chi connectivity index (χ0v) is 15.6. The van der Waals surface area contributed by atoms with E-state index in [0.717, 1.165) is 44.5 Å². The van der Waals surface area contributed by atoms with E-state index in [4.69, 9.17) is 0 Å². The third-order valence-electron chi connectivity index (χ3n) is 5.05. The number of benzene rings is 1. The number of piperazine rings is 1. The first-order valence-corrected chi connectivity index (χ1v) is 10.5. The molecule has 3 rings (SSSR count). The molecule has 1 aromatic rings. The van der Waals surface area contributed by atoms with Gasteiger partial charge in [0.25, 0.3) is 0 Å². The van der Waals surface area contributed by atoms with E-state index in [-0.39, 0.29) is 11.9 Å². The van der Waals surface area contributed by atoms with Crippen LogP contribution in [0.1, 0.15) is 31.7 Å². The van der Waals surface area contributed by atoms with Gasteiger partial charge in [-0.3, -0.25) is 4.79 Å². The Kier molecular flexibility index (Phi) is 5.76. The summed E-state index contributed by atoms with van der Waals surface area (Å²) in [6.45, 7) is 5.61. The topological polar surface area (TPSA) is 69.7 Å². The van der Waals surface area contributed by atoms with Gasteiger partial charge in [0, 0.05) is 38.8 Å². The Labute approximate surface area is 150 Å². The molecule has 2 aliphatic heterocycles. The SMILES string of the molecule is C[C@@H]1CNCCN1C(=O)Cc1ccc(S(=O)(=O)N2CCCCC2)cc1. The average Bonchev–Trinajstić information content (AvgIpc) is 2.63. The third-order valence-corrected chi connectivity index (χ3v) is 6.97. The lowest BCUT2D eigenvalue weighted by Crippen LogP contribution is -2.52. The summed E-state index contributed by atoms with van der Waals surface area (Å²) in [5, 5.41) is 3.27. The average molecular weight is 365 g/mol. The van der Waals surface area contributed by atoms with E-state index in [1.165, 1.54) is 0 Å². The number of sulfonamides is 1. The Bertz CT molecular complexity index is 697. The second-order valence-corrected chi connectivity index (χ2v) is 8.86. The monoisotopic (exact) mass is 365 g/mol. The van der Waals surface area contributed by atoms with Crippen molar-refractivity contribution in [2.24, 2.45) is 0 Å². The second kappa shape index (κ2) is 7.85. The Hall–Kier alpha value is -1.44. The summed E-state index contributed by atoms with van der Waals surface area (Å²) in [4.78, 5) is 14.7. The van der Waals surface area contributed by atoms with Crippen molar-refractivity contribution in [1.29, 1.82) is 0 Å². The molecule has 1 N–H and O–H groups in total. The lowest BCUT2D eigenvalue weighted by atomic mass is 10.1. The molecule has 7 heteroatoms. The molecule has 2 heterocycles. The van der Waals surface area contributed by atoms with Gasteiger partial charge in [0.15, 0.2) is 0 Å². The Morgan fingerprint density at radius 1 is 1.12 bits per heavy atom. The number of carbonyl (C=O) groups is 1. The number of hydrogen-bond acceptors (Lipinski definition) is 4. The van der Waals surface area contributed by atoms with Gasteiger partial charge in [-0.05, 0) is 37.5 Å². The number of hydrogen-bond donors (Lipinski definition) is 1. The fraction of sp³-hybridized carbons (Fsp3) is 0.611. The maximum atomic E-state index is 12.7. The molecule has 2 saturated heterocycles. The van der Waals surface area contributed by atoms with Crippen molar-refractivity contribution in [3.63, 3.8) is 0 Å².